The van der Waals surface area contributed by atoms with Crippen molar-refractivity contribution in [2.24, 2.45) is 0 Å². The second kappa shape index (κ2) is 7.92. The van der Waals surface area contributed by atoms with E-state index in [1.807, 2.05) is 6.07 Å². The number of fused-ring (bicyclic) bond motifs is 1. The summed E-state index contributed by atoms with van der Waals surface area (Å²) in [4.78, 5) is 1.26. The largest absolute Gasteiger partial charge is 0.267 e. The second-order valence-corrected chi connectivity index (χ2v) is 7.16. The molecule has 0 spiro atoms. The van der Waals surface area contributed by atoms with Crippen molar-refractivity contribution in [2.75, 3.05) is 0 Å². The number of aromatic nitrogens is 1. The number of hydrogen-bond acceptors (Lipinski definition) is 5. The maximum absolute atomic E-state index is 8.83. The Morgan fingerprint density at radius 3 is 1.92 bits per heavy atom. The third kappa shape index (κ3) is 4.86. The number of thiazole rings is 1. The number of benzene rings is 2. The minimum absolute atomic E-state index is 1.25. The quantitative estimate of drug-likeness (QED) is 0.456. The number of nitrogens with zero attached hydrogens (tertiary/aromatic N) is 1. The van der Waals surface area contributed by atoms with Gasteiger partial charge in [-0.05, 0) is 29.3 Å². The molecule has 0 unspecified atom stereocenters. The number of halogens is 1. The molecule has 0 saturated heterocycles. The van der Waals surface area contributed by atoms with Gasteiger partial charge in [-0.2, -0.15) is 4.40 Å². The summed E-state index contributed by atoms with van der Waals surface area (Å²) < 4.78 is 32.5. The molecule has 3 N–H and O–H groups in total. The third-order valence-corrected chi connectivity index (χ3v) is 4.58. The molecule has 7 heteroatoms. The summed E-state index contributed by atoms with van der Waals surface area (Å²) in [6.07, 6.45) is 2.12. The maximum Gasteiger partial charge on any atom is 0.267 e. The first-order chi connectivity index (χ1) is 12.4. The van der Waals surface area contributed by atoms with Crippen LogP contribution in [-0.2, 0) is 0 Å². The van der Waals surface area contributed by atoms with Crippen LogP contribution < -0.4 is 9.06 Å². The van der Waals surface area contributed by atoms with Gasteiger partial charge in [0.15, 0.2) is 6.20 Å². The monoisotopic (exact) mass is 390 g/mol. The van der Waals surface area contributed by atoms with Gasteiger partial charge in [0.05, 0.1) is 5.38 Å². The van der Waals surface area contributed by atoms with Crippen molar-refractivity contribution >= 4 is 16.2 Å². The van der Waals surface area contributed by atoms with Crippen LogP contribution in [-0.4, -0.2) is 14.0 Å². The molecule has 0 amide bonds. The normalized spacial score (nSPS) is 11.7. The van der Waals surface area contributed by atoms with Crippen molar-refractivity contribution < 1.29 is 33.3 Å². The van der Waals surface area contributed by atoms with Gasteiger partial charge in [0.25, 0.3) is 4.83 Å². The molecule has 0 aliphatic rings. The number of hydrogen-bond donors (Lipinski definition) is 3. The fourth-order valence-corrected chi connectivity index (χ4v) is 3.48. The molecule has 2 aromatic heterocycles. The number of pyridine rings is 1. The van der Waals surface area contributed by atoms with Gasteiger partial charge in [-0.25, -0.2) is 0 Å². The molecule has 0 fully saturated rings. The summed E-state index contributed by atoms with van der Waals surface area (Å²) in [5.74, 6) is 0. The van der Waals surface area contributed by atoms with E-state index >= 15 is 0 Å². The van der Waals surface area contributed by atoms with Crippen LogP contribution in [0.25, 0.3) is 27.2 Å². The SMILES string of the molecule is [O-][Cl+](O)(O)O.c1ccc(-c2ccc(-c3csc4cccc[n+]34)cc2)cc1. The van der Waals surface area contributed by atoms with Crippen LogP contribution >= 0.6 is 11.3 Å². The Bertz CT molecular complexity index is 976. The van der Waals surface area contributed by atoms with Crippen LogP contribution in [0.4, 0.5) is 0 Å². The summed E-state index contributed by atoms with van der Waals surface area (Å²) in [6, 6.07) is 25.6. The molecular formula is C19H17ClNO4S+. The summed E-state index contributed by atoms with van der Waals surface area (Å²) in [6.45, 7) is 0. The van der Waals surface area contributed by atoms with Gasteiger partial charge in [-0.3, -0.25) is 0 Å². The van der Waals surface area contributed by atoms with Crippen LogP contribution in [0, 0.1) is 10.2 Å². The minimum atomic E-state index is -4.19. The second-order valence-electron chi connectivity index (χ2n) is 5.41. The first-order valence-electron chi connectivity index (χ1n) is 7.62. The van der Waals surface area contributed by atoms with Crippen LogP contribution in [0.3, 0.4) is 0 Å². The Balaban J connectivity index is 0.000000349. The van der Waals surface area contributed by atoms with E-state index in [0.29, 0.717) is 0 Å². The summed E-state index contributed by atoms with van der Waals surface area (Å²) in [5.41, 5.74) is 5.00. The Kier molecular flexibility index (Phi) is 5.63. The standard InChI is InChI=1S/C19H14NS.ClH3O4/c1-2-6-15(7-3-1)16-9-11-17(12-10-16)18-14-21-19-8-4-5-13-20(18)19;2-1(3,4)5/h1-14H;2-4H/q+1;. The van der Waals surface area contributed by atoms with E-state index in [-0.39, 0.29) is 0 Å². The maximum atomic E-state index is 8.83. The topological polar surface area (TPSA) is 87.8 Å². The summed E-state index contributed by atoms with van der Waals surface area (Å²) in [5, 5.41) is 2.22. The van der Waals surface area contributed by atoms with E-state index in [1.165, 1.54) is 27.2 Å². The Labute approximate surface area is 156 Å². The number of rotatable bonds is 2. The summed E-state index contributed by atoms with van der Waals surface area (Å²) in [7, 11) is -4.19. The smallest absolute Gasteiger partial charge is 0.150 e. The van der Waals surface area contributed by atoms with E-state index in [1.54, 1.807) is 11.3 Å². The zero-order valence-electron chi connectivity index (χ0n) is 13.6. The molecule has 0 atom stereocenters. The van der Waals surface area contributed by atoms with Gasteiger partial charge in [-0.15, -0.1) is 0 Å². The first-order valence-corrected chi connectivity index (χ1v) is 9.82. The molecule has 4 aromatic rings. The van der Waals surface area contributed by atoms with Crippen molar-refractivity contribution in [3.05, 3.63) is 84.4 Å². The molecule has 0 aliphatic heterocycles. The average molecular weight is 391 g/mol. The summed E-state index contributed by atoms with van der Waals surface area (Å²) >= 11 is 1.77. The molecule has 0 aliphatic carbocycles. The minimum Gasteiger partial charge on any atom is -0.150 e. The molecule has 0 radical (unpaired) electrons. The van der Waals surface area contributed by atoms with Crippen LogP contribution in [0.15, 0.2) is 84.4 Å². The molecule has 5 nitrogen and oxygen atoms in total. The van der Waals surface area contributed by atoms with Crippen molar-refractivity contribution in [2.45, 2.75) is 0 Å². The van der Waals surface area contributed by atoms with Crippen LogP contribution in [0.1, 0.15) is 0 Å². The molecule has 4 rings (SSSR count). The van der Waals surface area contributed by atoms with E-state index < -0.39 is 10.2 Å². The van der Waals surface area contributed by atoms with Crippen molar-refractivity contribution in [1.82, 2.24) is 0 Å². The van der Waals surface area contributed by atoms with Crippen molar-refractivity contribution in [3.8, 4) is 22.4 Å². The fraction of sp³-hybridized carbons (Fsp3) is 0. The van der Waals surface area contributed by atoms with E-state index in [0.717, 1.165) is 0 Å². The van der Waals surface area contributed by atoms with Gasteiger partial charge in [0.1, 0.15) is 0 Å². The van der Waals surface area contributed by atoms with Gasteiger partial charge in [-0.1, -0.05) is 53.8 Å². The third-order valence-electron chi connectivity index (χ3n) is 3.66. The van der Waals surface area contributed by atoms with Gasteiger partial charge >= 0.3 is 28.9 Å². The zero-order valence-corrected chi connectivity index (χ0v) is 15.1. The van der Waals surface area contributed by atoms with E-state index in [2.05, 4.69) is 82.7 Å². The molecule has 26 heavy (non-hydrogen) atoms. The van der Waals surface area contributed by atoms with E-state index in [4.69, 9.17) is 18.6 Å². The predicted molar refractivity (Wildman–Crippen MR) is 95.0 cm³/mol. The zero-order chi connectivity index (χ0) is 18.6. The van der Waals surface area contributed by atoms with Gasteiger partial charge in [0.2, 0.25) is 5.69 Å². The predicted octanol–water partition coefficient (Wildman–Crippen LogP) is 1.96. The van der Waals surface area contributed by atoms with Crippen LogP contribution in [0.5, 0.6) is 0 Å². The van der Waals surface area contributed by atoms with Gasteiger partial charge in [0, 0.05) is 17.7 Å². The first kappa shape index (κ1) is 18.5. The van der Waals surface area contributed by atoms with Crippen molar-refractivity contribution in [3.63, 3.8) is 0 Å². The Hall–Kier alpha value is -2.32. The molecular weight excluding hydrogens is 374 g/mol. The molecule has 0 bridgehead atoms. The van der Waals surface area contributed by atoms with Crippen LogP contribution in [0.2, 0.25) is 0 Å². The Morgan fingerprint density at radius 2 is 1.27 bits per heavy atom. The van der Waals surface area contributed by atoms with Crippen molar-refractivity contribution in [1.29, 1.82) is 0 Å². The van der Waals surface area contributed by atoms with Gasteiger partial charge < -0.3 is 0 Å². The van der Waals surface area contributed by atoms with E-state index in [9.17, 15) is 0 Å². The molecule has 134 valence electrons. The molecule has 0 saturated carbocycles. The Morgan fingerprint density at radius 1 is 0.731 bits per heavy atom. The fourth-order valence-electron chi connectivity index (χ4n) is 2.57. The molecule has 2 heterocycles. The molecule has 2 aromatic carbocycles. The average Bonchev–Trinajstić information content (AvgIpc) is 3.05.